The normalized spacial score (nSPS) is 12.2. The van der Waals surface area contributed by atoms with Crippen molar-refractivity contribution in [1.82, 2.24) is 0 Å². The number of allylic oxidation sites excluding steroid dienone is 1. The zero-order valence-corrected chi connectivity index (χ0v) is 11.3. The van der Waals surface area contributed by atoms with Gasteiger partial charge in [-0.05, 0) is 37.1 Å². The number of unbranched alkanes of at least 4 members (excludes halogenated alkanes) is 1. The number of benzene rings is 1. The van der Waals surface area contributed by atoms with Crippen molar-refractivity contribution < 1.29 is 4.74 Å². The summed E-state index contributed by atoms with van der Waals surface area (Å²) in [5.41, 5.74) is 1.12. The highest BCUT2D eigenvalue weighted by Gasteiger charge is 2.05. The van der Waals surface area contributed by atoms with Crippen LogP contribution < -0.4 is 4.74 Å². The maximum absolute atomic E-state index is 5.67. The van der Waals surface area contributed by atoms with Crippen molar-refractivity contribution in [3.8, 4) is 5.75 Å². The van der Waals surface area contributed by atoms with Crippen LogP contribution in [0.3, 0.4) is 0 Å². The van der Waals surface area contributed by atoms with Crippen LogP contribution in [0.1, 0.15) is 31.2 Å². The molecule has 0 saturated carbocycles. The molecular weight excluding hydrogens is 264 g/mol. The van der Waals surface area contributed by atoms with E-state index in [1.807, 2.05) is 24.3 Å². The standard InChI is InChI=1S/C14H18BrO/c1-4-6-7-16-14-9-12(11(3)5-2)8-13(15)10-14/h5,8-11H,2-4,6-7H2,1H3. The molecule has 0 aromatic heterocycles. The summed E-state index contributed by atoms with van der Waals surface area (Å²) in [7, 11) is 0. The maximum Gasteiger partial charge on any atom is 0.120 e. The summed E-state index contributed by atoms with van der Waals surface area (Å²) in [4.78, 5) is 0. The highest BCUT2D eigenvalue weighted by Crippen LogP contribution is 2.26. The Morgan fingerprint density at radius 1 is 1.44 bits per heavy atom. The van der Waals surface area contributed by atoms with Crippen LogP contribution in [0.2, 0.25) is 0 Å². The zero-order chi connectivity index (χ0) is 12.0. The lowest BCUT2D eigenvalue weighted by molar-refractivity contribution is 0.309. The van der Waals surface area contributed by atoms with Gasteiger partial charge in [-0.1, -0.05) is 35.4 Å². The Morgan fingerprint density at radius 3 is 2.81 bits per heavy atom. The van der Waals surface area contributed by atoms with E-state index in [0.717, 1.165) is 35.2 Å². The van der Waals surface area contributed by atoms with Crippen LogP contribution in [-0.4, -0.2) is 6.61 Å². The molecule has 1 aromatic carbocycles. The largest absolute Gasteiger partial charge is 0.494 e. The van der Waals surface area contributed by atoms with Gasteiger partial charge in [0.2, 0.25) is 0 Å². The highest BCUT2D eigenvalue weighted by atomic mass is 79.9. The van der Waals surface area contributed by atoms with Gasteiger partial charge < -0.3 is 4.74 Å². The van der Waals surface area contributed by atoms with Crippen molar-refractivity contribution in [2.45, 2.75) is 25.7 Å². The molecule has 1 atom stereocenters. The molecule has 87 valence electrons. The van der Waals surface area contributed by atoms with E-state index in [4.69, 9.17) is 4.74 Å². The molecule has 1 rings (SSSR count). The van der Waals surface area contributed by atoms with Gasteiger partial charge in [0, 0.05) is 10.4 Å². The fraction of sp³-hybridized carbons (Fsp3) is 0.357. The lowest BCUT2D eigenvalue weighted by Gasteiger charge is -2.11. The number of ether oxygens (including phenoxy) is 1. The predicted molar refractivity (Wildman–Crippen MR) is 72.8 cm³/mol. The molecule has 0 bridgehead atoms. The van der Waals surface area contributed by atoms with Crippen LogP contribution in [0.15, 0.2) is 35.3 Å². The Bertz CT molecular complexity index is 347. The first kappa shape index (κ1) is 13.3. The molecular formula is C14H18BrO. The van der Waals surface area contributed by atoms with Gasteiger partial charge >= 0.3 is 0 Å². The van der Waals surface area contributed by atoms with E-state index < -0.39 is 0 Å². The van der Waals surface area contributed by atoms with E-state index in [0.29, 0.717) is 0 Å². The third-order valence-corrected chi connectivity index (χ3v) is 2.83. The van der Waals surface area contributed by atoms with Crippen molar-refractivity contribution in [2.24, 2.45) is 0 Å². The lowest BCUT2D eigenvalue weighted by Crippen LogP contribution is -1.98. The smallest absolute Gasteiger partial charge is 0.120 e. The molecule has 2 heteroatoms. The molecule has 0 spiro atoms. The summed E-state index contributed by atoms with van der Waals surface area (Å²) < 4.78 is 6.69. The van der Waals surface area contributed by atoms with Crippen LogP contribution in [-0.2, 0) is 0 Å². The minimum absolute atomic E-state index is 0.103. The Hall–Kier alpha value is -0.760. The average Bonchev–Trinajstić information content (AvgIpc) is 2.27. The molecule has 0 heterocycles. The van der Waals surface area contributed by atoms with Crippen molar-refractivity contribution in [1.29, 1.82) is 0 Å². The van der Waals surface area contributed by atoms with E-state index in [9.17, 15) is 0 Å². The van der Waals surface area contributed by atoms with Crippen LogP contribution in [0.5, 0.6) is 5.75 Å². The van der Waals surface area contributed by atoms with Crippen molar-refractivity contribution in [3.63, 3.8) is 0 Å². The monoisotopic (exact) mass is 281 g/mol. The van der Waals surface area contributed by atoms with E-state index in [2.05, 4.69) is 36.4 Å². The SMILES string of the molecule is [CH2]C(C=C)c1cc(Br)cc(OCCCC)c1. The second-order valence-electron chi connectivity index (χ2n) is 3.76. The summed E-state index contributed by atoms with van der Waals surface area (Å²) in [6, 6.07) is 6.06. The van der Waals surface area contributed by atoms with Crippen LogP contribution >= 0.6 is 15.9 Å². The van der Waals surface area contributed by atoms with Crippen LogP contribution in [0.4, 0.5) is 0 Å². The van der Waals surface area contributed by atoms with E-state index in [1.165, 1.54) is 0 Å². The van der Waals surface area contributed by atoms with Gasteiger partial charge in [0.05, 0.1) is 6.61 Å². The molecule has 16 heavy (non-hydrogen) atoms. The third-order valence-electron chi connectivity index (χ3n) is 2.37. The second-order valence-corrected chi connectivity index (χ2v) is 4.68. The Morgan fingerprint density at radius 2 is 2.19 bits per heavy atom. The summed E-state index contributed by atoms with van der Waals surface area (Å²) >= 11 is 3.48. The third kappa shape index (κ3) is 4.01. The number of rotatable bonds is 6. The molecule has 0 aliphatic rings. The van der Waals surface area contributed by atoms with Gasteiger partial charge in [0.15, 0.2) is 0 Å². The molecule has 0 amide bonds. The summed E-state index contributed by atoms with van der Waals surface area (Å²) in [5, 5.41) is 0. The van der Waals surface area contributed by atoms with Crippen molar-refractivity contribution in [2.75, 3.05) is 6.61 Å². The Balaban J connectivity index is 2.77. The zero-order valence-electron chi connectivity index (χ0n) is 9.71. The minimum Gasteiger partial charge on any atom is -0.494 e. The van der Waals surface area contributed by atoms with Crippen molar-refractivity contribution >= 4 is 15.9 Å². The van der Waals surface area contributed by atoms with Crippen molar-refractivity contribution in [3.05, 3.63) is 47.8 Å². The molecule has 1 unspecified atom stereocenters. The topological polar surface area (TPSA) is 9.23 Å². The van der Waals surface area contributed by atoms with Gasteiger partial charge in [-0.3, -0.25) is 0 Å². The molecule has 0 aliphatic carbocycles. The Kier molecular flexibility index (Phi) is 5.61. The molecule has 1 aromatic rings. The first-order chi connectivity index (χ1) is 7.67. The second kappa shape index (κ2) is 6.74. The van der Waals surface area contributed by atoms with Crippen LogP contribution in [0.25, 0.3) is 0 Å². The van der Waals surface area contributed by atoms with Gasteiger partial charge in [0.1, 0.15) is 5.75 Å². The van der Waals surface area contributed by atoms with E-state index in [-0.39, 0.29) is 5.92 Å². The number of hydrogen-bond donors (Lipinski definition) is 0. The molecule has 0 N–H and O–H groups in total. The molecule has 1 nitrogen and oxygen atoms in total. The Labute approximate surface area is 107 Å². The quantitative estimate of drug-likeness (QED) is 0.541. The minimum atomic E-state index is 0.103. The van der Waals surface area contributed by atoms with Gasteiger partial charge in [-0.25, -0.2) is 0 Å². The molecule has 0 fully saturated rings. The molecule has 0 aliphatic heterocycles. The lowest BCUT2D eigenvalue weighted by atomic mass is 10.0. The van der Waals surface area contributed by atoms with Crippen LogP contribution in [0, 0.1) is 6.92 Å². The average molecular weight is 282 g/mol. The van der Waals surface area contributed by atoms with Gasteiger partial charge in [-0.15, -0.1) is 6.58 Å². The first-order valence-corrected chi connectivity index (χ1v) is 6.35. The molecule has 1 radical (unpaired) electrons. The first-order valence-electron chi connectivity index (χ1n) is 5.56. The summed E-state index contributed by atoms with van der Waals surface area (Å²) in [5.74, 6) is 0.999. The highest BCUT2D eigenvalue weighted by molar-refractivity contribution is 9.10. The summed E-state index contributed by atoms with van der Waals surface area (Å²) in [6.45, 7) is 10.7. The predicted octanol–water partition coefficient (Wildman–Crippen LogP) is 4.73. The van der Waals surface area contributed by atoms with Gasteiger partial charge in [0.25, 0.3) is 0 Å². The fourth-order valence-corrected chi connectivity index (χ4v) is 1.84. The van der Waals surface area contributed by atoms with E-state index >= 15 is 0 Å². The summed E-state index contributed by atoms with van der Waals surface area (Å²) in [6.07, 6.45) is 4.06. The number of hydrogen-bond acceptors (Lipinski definition) is 1. The van der Waals surface area contributed by atoms with Gasteiger partial charge in [-0.2, -0.15) is 0 Å². The number of halogens is 1. The molecule has 0 saturated heterocycles. The fourth-order valence-electron chi connectivity index (χ4n) is 1.35. The van der Waals surface area contributed by atoms with E-state index in [1.54, 1.807) is 0 Å². The maximum atomic E-state index is 5.67.